The van der Waals surface area contributed by atoms with Gasteiger partial charge in [-0.3, -0.25) is 9.59 Å². The van der Waals surface area contributed by atoms with Gasteiger partial charge in [0, 0.05) is 18.5 Å². The summed E-state index contributed by atoms with van der Waals surface area (Å²) in [6, 6.07) is 7.30. The molecular weight excluding hydrogens is 212 g/mol. The molecule has 2 aromatic rings. The van der Waals surface area contributed by atoms with Gasteiger partial charge < -0.3 is 15.3 Å². The lowest BCUT2D eigenvalue weighted by Crippen LogP contribution is -2.13. The summed E-state index contributed by atoms with van der Waals surface area (Å²) in [7, 11) is 0. The van der Waals surface area contributed by atoms with E-state index in [4.69, 9.17) is 10.3 Å². The van der Waals surface area contributed by atoms with Crippen molar-refractivity contribution < 1.29 is 10.3 Å². The van der Waals surface area contributed by atoms with E-state index in [9.17, 15) is 9.59 Å². The van der Waals surface area contributed by atoms with Crippen LogP contribution in [0.5, 0.6) is 5.75 Å². The quantitative estimate of drug-likeness (QED) is 0.553. The molecule has 6 heteroatoms. The van der Waals surface area contributed by atoms with Crippen molar-refractivity contribution in [3.8, 4) is 5.75 Å². The van der Waals surface area contributed by atoms with Crippen LogP contribution in [0.15, 0.2) is 52.3 Å². The summed E-state index contributed by atoms with van der Waals surface area (Å²) in [5.41, 5.74) is -0.861. The molecule has 2 aromatic heterocycles. The van der Waals surface area contributed by atoms with Crippen molar-refractivity contribution in [1.82, 2.24) is 9.71 Å². The molecule has 0 aliphatic rings. The topological polar surface area (TPSA) is 95.3 Å². The highest BCUT2D eigenvalue weighted by Gasteiger charge is 1.87. The van der Waals surface area contributed by atoms with Crippen LogP contribution in [0.4, 0.5) is 0 Å². The molecule has 0 saturated carbocycles. The van der Waals surface area contributed by atoms with E-state index in [0.717, 1.165) is 0 Å². The van der Waals surface area contributed by atoms with Crippen molar-refractivity contribution in [2.45, 2.75) is 0 Å². The third-order valence-corrected chi connectivity index (χ3v) is 1.60. The molecule has 2 rings (SSSR count). The second-order valence-electron chi connectivity index (χ2n) is 2.77. The van der Waals surface area contributed by atoms with Crippen LogP contribution in [-0.4, -0.2) is 20.0 Å². The predicted octanol–water partition coefficient (Wildman–Crippen LogP) is 0.166. The van der Waals surface area contributed by atoms with E-state index < -0.39 is 11.1 Å². The lowest BCUT2D eigenvalue weighted by atomic mass is 10.5. The van der Waals surface area contributed by atoms with Crippen molar-refractivity contribution in [2.24, 2.45) is 0 Å². The first-order valence-corrected chi connectivity index (χ1v) is 4.35. The molecule has 0 saturated heterocycles. The van der Waals surface area contributed by atoms with E-state index in [1.54, 1.807) is 18.2 Å². The molecule has 0 spiro atoms. The summed E-state index contributed by atoms with van der Waals surface area (Å²) in [5.74, 6) is -0.243. The number of nitrogens with one attached hydrogen (secondary N) is 1. The van der Waals surface area contributed by atoms with Gasteiger partial charge in [0.25, 0.3) is 11.1 Å². The number of aromatic hydroxyl groups is 1. The molecule has 16 heavy (non-hydrogen) atoms. The highest BCUT2D eigenvalue weighted by atomic mass is 16.5. The standard InChI is InChI=1S/2C5H5NO2/c7-4-2-1-3-6-5(4)8;7-5-3-1-2-4-6(5)8/h1-3,7H,(H,6,8);1-4,8H. The van der Waals surface area contributed by atoms with Crippen molar-refractivity contribution in [3.63, 3.8) is 0 Å². The Hall–Kier alpha value is -2.50. The molecule has 0 aliphatic carbocycles. The fraction of sp³-hybridized carbons (Fsp3) is 0. The molecule has 0 radical (unpaired) electrons. The molecule has 2 heterocycles. The first-order chi connectivity index (χ1) is 7.61. The van der Waals surface area contributed by atoms with Crippen LogP contribution in [0.25, 0.3) is 0 Å². The van der Waals surface area contributed by atoms with Gasteiger partial charge in [-0.05, 0) is 18.2 Å². The van der Waals surface area contributed by atoms with E-state index in [1.807, 2.05) is 0 Å². The van der Waals surface area contributed by atoms with Gasteiger partial charge in [0.05, 0.1) is 0 Å². The molecule has 0 atom stereocenters. The summed E-state index contributed by atoms with van der Waals surface area (Å²) in [4.78, 5) is 22.9. The Morgan fingerprint density at radius 2 is 1.88 bits per heavy atom. The SMILES string of the molecule is O=c1[nH]cccc1O.O=c1ccccn1O. The molecule has 0 unspecified atom stereocenters. The summed E-state index contributed by atoms with van der Waals surface area (Å²) >= 11 is 0. The van der Waals surface area contributed by atoms with Crippen LogP contribution in [0.1, 0.15) is 0 Å². The van der Waals surface area contributed by atoms with Gasteiger partial charge in [0.15, 0.2) is 5.75 Å². The summed E-state index contributed by atoms with van der Waals surface area (Å²) in [6.07, 6.45) is 2.74. The van der Waals surface area contributed by atoms with E-state index in [0.29, 0.717) is 4.73 Å². The number of aromatic nitrogens is 2. The van der Waals surface area contributed by atoms with E-state index in [2.05, 4.69) is 4.98 Å². The Morgan fingerprint density at radius 1 is 1.12 bits per heavy atom. The van der Waals surface area contributed by atoms with Crippen LogP contribution < -0.4 is 11.1 Å². The van der Waals surface area contributed by atoms with Crippen LogP contribution in [-0.2, 0) is 0 Å². The molecule has 6 nitrogen and oxygen atoms in total. The Morgan fingerprint density at radius 3 is 2.25 bits per heavy atom. The van der Waals surface area contributed by atoms with Gasteiger partial charge in [0.1, 0.15) is 0 Å². The maximum Gasteiger partial charge on any atom is 0.290 e. The lowest BCUT2D eigenvalue weighted by Gasteiger charge is -1.88. The summed E-state index contributed by atoms with van der Waals surface area (Å²) in [5, 5.41) is 17.1. The number of hydrogen-bond donors (Lipinski definition) is 3. The number of rotatable bonds is 0. The fourth-order valence-corrected chi connectivity index (χ4v) is 0.832. The number of pyridine rings is 2. The maximum absolute atomic E-state index is 10.3. The fourth-order valence-electron chi connectivity index (χ4n) is 0.832. The second-order valence-corrected chi connectivity index (χ2v) is 2.77. The smallest absolute Gasteiger partial charge is 0.290 e. The van der Waals surface area contributed by atoms with Gasteiger partial charge in [-0.25, -0.2) is 0 Å². The third-order valence-electron chi connectivity index (χ3n) is 1.60. The van der Waals surface area contributed by atoms with Crippen LogP contribution in [0, 0.1) is 0 Å². The highest BCUT2D eigenvalue weighted by molar-refractivity contribution is 5.12. The number of hydrogen-bond acceptors (Lipinski definition) is 4. The average molecular weight is 222 g/mol. The predicted molar refractivity (Wildman–Crippen MR) is 56.6 cm³/mol. The van der Waals surface area contributed by atoms with Crippen LogP contribution in [0.2, 0.25) is 0 Å². The number of aromatic amines is 1. The lowest BCUT2D eigenvalue weighted by molar-refractivity contribution is 0.175. The largest absolute Gasteiger partial charge is 0.503 e. The van der Waals surface area contributed by atoms with Crippen molar-refractivity contribution in [1.29, 1.82) is 0 Å². The molecule has 84 valence electrons. The normalized spacial score (nSPS) is 9.00. The second kappa shape index (κ2) is 5.40. The van der Waals surface area contributed by atoms with E-state index >= 15 is 0 Å². The molecule has 0 aliphatic heterocycles. The van der Waals surface area contributed by atoms with Crippen LogP contribution in [0.3, 0.4) is 0 Å². The Labute approximate surface area is 90.0 Å². The first kappa shape index (κ1) is 11.6. The minimum Gasteiger partial charge on any atom is -0.503 e. The van der Waals surface area contributed by atoms with Gasteiger partial charge in [-0.15, -0.1) is 0 Å². The van der Waals surface area contributed by atoms with E-state index in [-0.39, 0.29) is 5.75 Å². The third kappa shape index (κ3) is 3.33. The van der Waals surface area contributed by atoms with Gasteiger partial charge in [0.2, 0.25) is 0 Å². The monoisotopic (exact) mass is 222 g/mol. The van der Waals surface area contributed by atoms with Crippen molar-refractivity contribution in [2.75, 3.05) is 0 Å². The average Bonchev–Trinajstić information content (AvgIpc) is 2.28. The van der Waals surface area contributed by atoms with Gasteiger partial charge in [-0.2, -0.15) is 4.73 Å². The van der Waals surface area contributed by atoms with Gasteiger partial charge in [-0.1, -0.05) is 6.07 Å². The molecule has 0 amide bonds. The molecule has 3 N–H and O–H groups in total. The number of H-pyrrole nitrogens is 1. The maximum atomic E-state index is 10.3. The minimum atomic E-state index is -0.451. The Kier molecular flexibility index (Phi) is 3.90. The zero-order valence-corrected chi connectivity index (χ0v) is 8.20. The Bertz CT molecular complexity index is 507. The molecule has 0 bridgehead atoms. The number of nitrogens with zero attached hydrogens (tertiary/aromatic N) is 1. The first-order valence-electron chi connectivity index (χ1n) is 4.35. The van der Waals surface area contributed by atoms with E-state index in [1.165, 1.54) is 24.5 Å². The molecule has 0 fully saturated rings. The van der Waals surface area contributed by atoms with Crippen molar-refractivity contribution in [3.05, 3.63) is 63.4 Å². The minimum absolute atomic E-state index is 0.243. The summed E-state index contributed by atoms with van der Waals surface area (Å²) < 4.78 is 0.528. The van der Waals surface area contributed by atoms with Crippen molar-refractivity contribution >= 4 is 0 Å². The van der Waals surface area contributed by atoms with Gasteiger partial charge >= 0.3 is 0 Å². The zero-order chi connectivity index (χ0) is 12.0. The highest BCUT2D eigenvalue weighted by Crippen LogP contribution is 1.92. The van der Waals surface area contributed by atoms with Crippen LogP contribution >= 0.6 is 0 Å². The Balaban J connectivity index is 0.000000160. The zero-order valence-electron chi connectivity index (χ0n) is 8.20. The molecular formula is C10H10N2O4. The molecule has 0 aromatic carbocycles. The summed E-state index contributed by atoms with van der Waals surface area (Å²) in [6.45, 7) is 0.